The average Bonchev–Trinajstić information content (AvgIpc) is 3.09. The Bertz CT molecular complexity index is 654. The van der Waals surface area contributed by atoms with Crippen LogP contribution >= 0.6 is 0 Å². The molecule has 0 aliphatic carbocycles. The second-order valence-electron chi connectivity index (χ2n) is 7.52. The van der Waals surface area contributed by atoms with Gasteiger partial charge in [0.1, 0.15) is 18.2 Å². The highest BCUT2D eigenvalue weighted by Crippen LogP contribution is 2.21. The molecule has 0 saturated carbocycles. The van der Waals surface area contributed by atoms with E-state index < -0.39 is 17.7 Å². The van der Waals surface area contributed by atoms with Crippen LogP contribution in [0.4, 0.5) is 4.79 Å². The van der Waals surface area contributed by atoms with Gasteiger partial charge in [0.25, 0.3) is 0 Å². The molecule has 148 valence electrons. The summed E-state index contributed by atoms with van der Waals surface area (Å²) in [6.45, 7) is 6.27. The van der Waals surface area contributed by atoms with Crippen molar-refractivity contribution in [3.05, 3.63) is 35.9 Å². The molecular weight excluding hydrogens is 348 g/mol. The van der Waals surface area contributed by atoms with Crippen LogP contribution in [-0.2, 0) is 25.7 Å². The molecule has 7 heteroatoms. The van der Waals surface area contributed by atoms with Crippen molar-refractivity contribution >= 4 is 18.0 Å². The number of carbonyl (C=O) groups excluding carboxylic acids is 3. The lowest BCUT2D eigenvalue weighted by atomic mass is 10.1. The van der Waals surface area contributed by atoms with Gasteiger partial charge in [-0.2, -0.15) is 0 Å². The van der Waals surface area contributed by atoms with Crippen LogP contribution in [0.25, 0.3) is 0 Å². The molecule has 1 aromatic carbocycles. The van der Waals surface area contributed by atoms with Gasteiger partial charge in [-0.15, -0.1) is 0 Å². The first-order chi connectivity index (χ1) is 12.8. The summed E-state index contributed by atoms with van der Waals surface area (Å²) in [5.41, 5.74) is 0.305. The summed E-state index contributed by atoms with van der Waals surface area (Å²) in [6, 6.07) is 8.81. The van der Waals surface area contributed by atoms with E-state index in [9.17, 15) is 14.4 Å². The highest BCUT2D eigenvalue weighted by Gasteiger charge is 2.36. The highest BCUT2D eigenvalue weighted by molar-refractivity contribution is 5.85. The van der Waals surface area contributed by atoms with Gasteiger partial charge in [0.2, 0.25) is 5.91 Å². The Labute approximate surface area is 160 Å². The van der Waals surface area contributed by atoms with Crippen LogP contribution in [0.2, 0.25) is 0 Å². The van der Waals surface area contributed by atoms with Crippen LogP contribution < -0.4 is 5.32 Å². The van der Waals surface area contributed by atoms with E-state index in [2.05, 4.69) is 5.32 Å². The Hall–Kier alpha value is -2.57. The molecular formula is C20H28N2O5. The molecule has 7 nitrogen and oxygen atoms in total. The Morgan fingerprint density at radius 3 is 2.56 bits per heavy atom. The Morgan fingerprint density at radius 1 is 1.19 bits per heavy atom. The molecule has 1 aliphatic rings. The molecule has 0 aromatic heterocycles. The molecule has 2 amide bonds. The van der Waals surface area contributed by atoms with Gasteiger partial charge in [0, 0.05) is 19.5 Å². The van der Waals surface area contributed by atoms with Crippen LogP contribution in [-0.4, -0.2) is 47.6 Å². The van der Waals surface area contributed by atoms with E-state index in [-0.39, 0.29) is 31.4 Å². The van der Waals surface area contributed by atoms with E-state index in [1.54, 1.807) is 25.7 Å². The molecule has 27 heavy (non-hydrogen) atoms. The molecule has 1 saturated heterocycles. The Balaban J connectivity index is 1.72. The third-order valence-corrected chi connectivity index (χ3v) is 4.07. The Morgan fingerprint density at radius 2 is 1.89 bits per heavy atom. The lowest BCUT2D eigenvalue weighted by molar-refractivity contribution is -0.163. The van der Waals surface area contributed by atoms with Crippen LogP contribution in [0.1, 0.15) is 45.6 Å². The summed E-state index contributed by atoms with van der Waals surface area (Å²) in [6.07, 6.45) is 0.909. The second-order valence-corrected chi connectivity index (χ2v) is 7.52. The van der Waals surface area contributed by atoms with Gasteiger partial charge >= 0.3 is 12.1 Å². The predicted molar refractivity (Wildman–Crippen MR) is 99.8 cm³/mol. The zero-order valence-electron chi connectivity index (χ0n) is 16.2. The van der Waals surface area contributed by atoms with Gasteiger partial charge in [-0.3, -0.25) is 4.79 Å². The molecule has 1 heterocycles. The summed E-state index contributed by atoms with van der Waals surface area (Å²) >= 11 is 0. The number of benzene rings is 1. The van der Waals surface area contributed by atoms with E-state index in [1.165, 1.54) is 0 Å². The van der Waals surface area contributed by atoms with Crippen LogP contribution in [0.15, 0.2) is 30.3 Å². The number of hydrogen-bond donors (Lipinski definition) is 1. The summed E-state index contributed by atoms with van der Waals surface area (Å²) in [5.74, 6) is -0.546. The number of alkyl carbamates (subject to hydrolysis) is 1. The third-order valence-electron chi connectivity index (χ3n) is 4.07. The molecule has 1 aliphatic heterocycles. The maximum Gasteiger partial charge on any atom is 0.407 e. The molecule has 0 radical (unpaired) electrons. The maximum atomic E-state index is 12.4. The normalized spacial score (nSPS) is 16.7. The number of rotatable bonds is 6. The fourth-order valence-electron chi connectivity index (χ4n) is 2.87. The van der Waals surface area contributed by atoms with Crippen molar-refractivity contribution in [3.63, 3.8) is 0 Å². The summed E-state index contributed by atoms with van der Waals surface area (Å²) in [7, 11) is 0. The zero-order chi connectivity index (χ0) is 19.9. The summed E-state index contributed by atoms with van der Waals surface area (Å²) in [4.78, 5) is 37.9. The van der Waals surface area contributed by atoms with E-state index >= 15 is 0 Å². The second kappa shape index (κ2) is 9.39. The number of hydrogen-bond acceptors (Lipinski definition) is 5. The molecule has 1 aromatic rings. The maximum absolute atomic E-state index is 12.4. The number of likely N-dealkylation sites (tertiary alicyclic amines) is 1. The van der Waals surface area contributed by atoms with Crippen molar-refractivity contribution < 1.29 is 23.9 Å². The van der Waals surface area contributed by atoms with Crippen molar-refractivity contribution in [1.82, 2.24) is 10.2 Å². The smallest absolute Gasteiger partial charge is 0.407 e. The largest absolute Gasteiger partial charge is 0.458 e. The van der Waals surface area contributed by atoms with Crippen LogP contribution in [0, 0.1) is 0 Å². The quantitative estimate of drug-likeness (QED) is 0.772. The SMILES string of the molecule is CC(C)(C)OC(=O)[C@@H]1CCCN1C(=O)CCNC(=O)OCc1ccccc1. The van der Waals surface area contributed by atoms with E-state index in [0.717, 1.165) is 12.0 Å². The number of nitrogens with one attached hydrogen (secondary N) is 1. The van der Waals surface area contributed by atoms with Gasteiger partial charge in [-0.05, 0) is 39.2 Å². The van der Waals surface area contributed by atoms with Crippen LogP contribution in [0.3, 0.4) is 0 Å². The first kappa shape index (κ1) is 20.7. The molecule has 0 unspecified atom stereocenters. The standard InChI is InChI=1S/C20H28N2O5/c1-20(2,3)27-18(24)16-10-7-13-22(16)17(23)11-12-21-19(25)26-14-15-8-5-4-6-9-15/h4-6,8-9,16H,7,10-14H2,1-3H3,(H,21,25)/t16-/m0/s1. The minimum absolute atomic E-state index is 0.111. The number of amides is 2. The van der Waals surface area contributed by atoms with Crippen molar-refractivity contribution in [2.45, 2.75) is 58.3 Å². The van der Waals surface area contributed by atoms with Crippen molar-refractivity contribution in [2.24, 2.45) is 0 Å². The van der Waals surface area contributed by atoms with Gasteiger partial charge in [-0.1, -0.05) is 30.3 Å². The third kappa shape index (κ3) is 6.92. The summed E-state index contributed by atoms with van der Waals surface area (Å²) < 4.78 is 10.5. The number of esters is 1. The first-order valence-electron chi connectivity index (χ1n) is 9.23. The lowest BCUT2D eigenvalue weighted by Crippen LogP contribution is -2.44. The van der Waals surface area contributed by atoms with Crippen molar-refractivity contribution in [1.29, 1.82) is 0 Å². The minimum Gasteiger partial charge on any atom is -0.458 e. The molecule has 2 rings (SSSR count). The van der Waals surface area contributed by atoms with E-state index in [1.807, 2.05) is 30.3 Å². The first-order valence-corrected chi connectivity index (χ1v) is 9.23. The van der Waals surface area contributed by atoms with Crippen LogP contribution in [0.5, 0.6) is 0 Å². The molecule has 1 atom stereocenters. The lowest BCUT2D eigenvalue weighted by Gasteiger charge is -2.27. The van der Waals surface area contributed by atoms with Crippen molar-refractivity contribution in [3.8, 4) is 0 Å². The van der Waals surface area contributed by atoms with Gasteiger partial charge in [0.05, 0.1) is 0 Å². The van der Waals surface area contributed by atoms with Gasteiger partial charge < -0.3 is 19.7 Å². The zero-order valence-corrected chi connectivity index (χ0v) is 16.2. The number of nitrogens with zero attached hydrogens (tertiary/aromatic N) is 1. The summed E-state index contributed by atoms with van der Waals surface area (Å²) in [5, 5.41) is 2.56. The average molecular weight is 376 g/mol. The molecule has 1 fully saturated rings. The van der Waals surface area contributed by atoms with E-state index in [4.69, 9.17) is 9.47 Å². The minimum atomic E-state index is -0.585. The van der Waals surface area contributed by atoms with E-state index in [0.29, 0.717) is 13.0 Å². The van der Waals surface area contributed by atoms with Crippen molar-refractivity contribution in [2.75, 3.05) is 13.1 Å². The molecule has 1 N–H and O–H groups in total. The monoisotopic (exact) mass is 376 g/mol. The number of ether oxygens (including phenoxy) is 2. The van der Waals surface area contributed by atoms with Gasteiger partial charge in [-0.25, -0.2) is 9.59 Å². The fourth-order valence-corrected chi connectivity index (χ4v) is 2.87. The fraction of sp³-hybridized carbons (Fsp3) is 0.550. The highest BCUT2D eigenvalue weighted by atomic mass is 16.6. The topological polar surface area (TPSA) is 84.9 Å². The number of carbonyl (C=O) groups is 3. The molecule has 0 bridgehead atoms. The molecule has 0 spiro atoms. The Kier molecular flexibility index (Phi) is 7.21. The van der Waals surface area contributed by atoms with Gasteiger partial charge in [0.15, 0.2) is 0 Å². The predicted octanol–water partition coefficient (Wildman–Crippen LogP) is 2.64.